The molecule has 0 radical (unpaired) electrons. The van der Waals surface area contributed by atoms with Crippen LogP contribution in [0.15, 0.2) is 0 Å². The van der Waals surface area contributed by atoms with E-state index in [-0.39, 0.29) is 29.6 Å². The molecule has 48 valence electrons. The van der Waals surface area contributed by atoms with E-state index < -0.39 is 5.97 Å². The molecule has 8 heavy (non-hydrogen) atoms. The van der Waals surface area contributed by atoms with E-state index >= 15 is 0 Å². The molecule has 1 N–H and O–H groups in total. The summed E-state index contributed by atoms with van der Waals surface area (Å²) in [4.78, 5) is 9.00. The Kier molecular flexibility index (Phi) is 34.6. The Morgan fingerprint density at radius 1 is 1.62 bits per heavy atom. The van der Waals surface area contributed by atoms with E-state index in [9.17, 15) is 0 Å². The first-order valence-corrected chi connectivity index (χ1v) is 14.8. The molecular weight excluding hydrogens is 460 g/mol. The van der Waals surface area contributed by atoms with Crippen molar-refractivity contribution < 1.29 is 9.90 Å². The standard InChI is InChI=1S/C2H4O2.HI3.Na.H/c1-2(3)4;1-3-2;;/h1H3,(H,3,4);3H;;. The average Bonchev–Trinajstić information content (AvgIpc) is 1.33. The fourth-order valence-corrected chi connectivity index (χ4v) is 0. The molecular formula is C2H6I3NaO2. The van der Waals surface area contributed by atoms with E-state index in [0.717, 1.165) is 6.92 Å². The average molecular weight is 466 g/mol. The number of halogens is 3. The molecule has 0 amide bonds. The summed E-state index contributed by atoms with van der Waals surface area (Å²) in [5.41, 5.74) is 0. The third-order valence-corrected chi connectivity index (χ3v) is 0. The monoisotopic (exact) mass is 466 g/mol. The molecule has 0 aliphatic rings. The second kappa shape index (κ2) is 16.3. The van der Waals surface area contributed by atoms with Gasteiger partial charge in [0.2, 0.25) is 0 Å². The summed E-state index contributed by atoms with van der Waals surface area (Å²) in [6.45, 7) is 1.08. The van der Waals surface area contributed by atoms with Crippen LogP contribution in [0.5, 0.6) is 0 Å². The Morgan fingerprint density at radius 2 is 1.62 bits per heavy atom. The topological polar surface area (TPSA) is 37.3 Å². The number of rotatable bonds is 0. The van der Waals surface area contributed by atoms with Crippen LogP contribution in [0.1, 0.15) is 6.92 Å². The molecule has 0 atom stereocenters. The first kappa shape index (κ1) is 17.0. The van der Waals surface area contributed by atoms with Crippen molar-refractivity contribution in [2.75, 3.05) is 0 Å². The number of hydrogen-bond acceptors (Lipinski definition) is 1. The van der Waals surface area contributed by atoms with Crippen molar-refractivity contribution in [3.05, 3.63) is 0 Å². The molecule has 0 saturated carbocycles. The van der Waals surface area contributed by atoms with E-state index in [1.165, 1.54) is 0 Å². The van der Waals surface area contributed by atoms with Gasteiger partial charge in [0.1, 0.15) is 0 Å². The molecule has 0 spiro atoms. The Morgan fingerprint density at radius 3 is 1.62 bits per heavy atom. The van der Waals surface area contributed by atoms with Crippen molar-refractivity contribution in [2.24, 2.45) is 0 Å². The van der Waals surface area contributed by atoms with Gasteiger partial charge in [0.05, 0.1) is 0 Å². The zero-order valence-electron chi connectivity index (χ0n) is 3.52. The van der Waals surface area contributed by atoms with Crippen LogP contribution in [0, 0.1) is 0 Å². The molecule has 0 rings (SSSR count). The first-order chi connectivity index (χ1) is 3.15. The molecule has 0 fully saturated rings. The third kappa shape index (κ3) is 71.8. The first-order valence-electron chi connectivity index (χ1n) is 1.24. The van der Waals surface area contributed by atoms with Gasteiger partial charge in [0.15, 0.2) is 0 Å². The predicted molar refractivity (Wildman–Crippen MR) is 63.9 cm³/mol. The molecule has 0 aliphatic carbocycles. The van der Waals surface area contributed by atoms with Crippen molar-refractivity contribution >= 4 is 86.0 Å². The van der Waals surface area contributed by atoms with Crippen LogP contribution in [0.3, 0.4) is 0 Å². The second-order valence-corrected chi connectivity index (χ2v) is 18.1. The number of hydrogen-bond donors (Lipinski definition) is 1. The van der Waals surface area contributed by atoms with E-state index in [1.54, 1.807) is 0 Å². The zero-order valence-corrected chi connectivity index (χ0v) is 10.2. The predicted octanol–water partition coefficient (Wildman–Crippen LogP) is 1.83. The van der Waals surface area contributed by atoms with Crippen LogP contribution in [-0.2, 0) is 4.79 Å². The Hall–Kier alpha value is 2.66. The summed E-state index contributed by atoms with van der Waals surface area (Å²) in [5, 5.41) is 7.42. The number of carboxylic acids is 1. The van der Waals surface area contributed by atoms with Crippen molar-refractivity contribution in [3.8, 4) is 0 Å². The summed E-state index contributed by atoms with van der Waals surface area (Å²) in [6, 6.07) is 0. The third-order valence-electron chi connectivity index (χ3n) is 0. The molecule has 0 unspecified atom stereocenters. The molecule has 6 heteroatoms. The Balaban J connectivity index is -0.0000000575. The molecule has 0 aliphatic heterocycles. The summed E-state index contributed by atoms with van der Waals surface area (Å²) in [7, 11) is 0. The zero-order chi connectivity index (χ0) is 6.28. The summed E-state index contributed by atoms with van der Waals surface area (Å²) in [5.74, 6) is -0.833. The summed E-state index contributed by atoms with van der Waals surface area (Å²) >= 11 is 5.22. The van der Waals surface area contributed by atoms with Crippen molar-refractivity contribution in [1.29, 1.82) is 0 Å². The van der Waals surface area contributed by atoms with Crippen LogP contribution in [0.4, 0.5) is 0 Å². The quantitative estimate of drug-likeness (QED) is 0.438. The second-order valence-electron chi connectivity index (χ2n) is 0.577. The van der Waals surface area contributed by atoms with Gasteiger partial charge in [-0.3, -0.25) is 4.79 Å². The fourth-order valence-electron chi connectivity index (χ4n) is 0. The molecule has 2 nitrogen and oxygen atoms in total. The minimum absolute atomic E-state index is 0. The fraction of sp³-hybridized carbons (Fsp3) is 0.500. The van der Waals surface area contributed by atoms with Gasteiger partial charge in [0.25, 0.3) is 5.97 Å². The normalized spacial score (nSPS) is 5.88. The molecule has 0 bridgehead atoms. The van der Waals surface area contributed by atoms with E-state index in [0.29, 0.717) is 13.3 Å². The SMILES string of the molecule is CC(=O)O.I[IH]I.[NaH]. The van der Waals surface area contributed by atoms with Crippen molar-refractivity contribution in [2.45, 2.75) is 6.92 Å². The van der Waals surface area contributed by atoms with Gasteiger partial charge in [-0.15, -0.1) is 0 Å². The number of aliphatic carboxylic acids is 1. The summed E-state index contributed by atoms with van der Waals surface area (Å²) < 4.78 is 0. The van der Waals surface area contributed by atoms with Gasteiger partial charge >= 0.3 is 80.0 Å². The number of carbonyl (C=O) groups is 1. The minimum atomic E-state index is -0.833. The molecule has 0 aromatic heterocycles. The maximum absolute atomic E-state index is 9.00. The summed E-state index contributed by atoms with van der Waals surface area (Å²) in [6.07, 6.45) is 0. The number of carboxylic acid groups (broad SMARTS) is 1. The van der Waals surface area contributed by atoms with Gasteiger partial charge in [-0.25, -0.2) is 0 Å². The Labute approximate surface area is 100 Å². The molecule has 0 heterocycles. The van der Waals surface area contributed by atoms with Crippen LogP contribution >= 0.6 is 50.5 Å². The van der Waals surface area contributed by atoms with Gasteiger partial charge < -0.3 is 5.11 Å². The van der Waals surface area contributed by atoms with E-state index in [2.05, 4.69) is 37.2 Å². The van der Waals surface area contributed by atoms with Crippen LogP contribution in [0.25, 0.3) is 0 Å². The van der Waals surface area contributed by atoms with Crippen LogP contribution in [0.2, 0.25) is 0 Å². The van der Waals surface area contributed by atoms with E-state index in [1.807, 2.05) is 0 Å². The molecule has 0 aromatic carbocycles. The van der Waals surface area contributed by atoms with Crippen LogP contribution < -0.4 is 0 Å². The van der Waals surface area contributed by atoms with Gasteiger partial charge in [-0.05, 0) is 0 Å². The Bertz CT molecular complexity index is 46.5. The molecule has 0 aromatic rings. The van der Waals surface area contributed by atoms with Gasteiger partial charge in [-0.2, -0.15) is 0 Å². The van der Waals surface area contributed by atoms with Crippen molar-refractivity contribution in [1.82, 2.24) is 0 Å². The van der Waals surface area contributed by atoms with Crippen molar-refractivity contribution in [3.63, 3.8) is 0 Å². The van der Waals surface area contributed by atoms with Gasteiger partial charge in [-0.1, -0.05) is 0 Å². The maximum atomic E-state index is 9.00. The molecule has 0 saturated heterocycles. The van der Waals surface area contributed by atoms with Crippen LogP contribution in [-0.4, -0.2) is 40.6 Å². The van der Waals surface area contributed by atoms with E-state index in [4.69, 9.17) is 9.90 Å². The van der Waals surface area contributed by atoms with Gasteiger partial charge in [0, 0.05) is 6.92 Å².